The van der Waals surface area contributed by atoms with Crippen molar-refractivity contribution in [2.24, 2.45) is 5.92 Å². The van der Waals surface area contributed by atoms with Crippen LogP contribution < -0.4 is 10.0 Å². The maximum atomic E-state index is 11.7. The molecule has 0 spiro atoms. The second kappa shape index (κ2) is 8.03. The normalized spacial score (nSPS) is 14.3. The van der Waals surface area contributed by atoms with Gasteiger partial charge in [-0.15, -0.1) is 0 Å². The number of hydrogen-bond donors (Lipinski definition) is 2. The van der Waals surface area contributed by atoms with Crippen LogP contribution in [0.25, 0.3) is 0 Å². The second-order valence-electron chi connectivity index (χ2n) is 4.26. The van der Waals surface area contributed by atoms with Crippen molar-refractivity contribution in [1.29, 1.82) is 0 Å². The SMILES string of the molecule is CCC(CC)C(C)NS(=O)(=O)CCCNC. The Hall–Kier alpha value is -0.130. The first kappa shape index (κ1) is 15.9. The van der Waals surface area contributed by atoms with Gasteiger partial charge in [-0.25, -0.2) is 13.1 Å². The summed E-state index contributed by atoms with van der Waals surface area (Å²) in [6, 6.07) is 0.0367. The van der Waals surface area contributed by atoms with Crippen molar-refractivity contribution in [3.63, 3.8) is 0 Å². The highest BCUT2D eigenvalue weighted by atomic mass is 32.2. The van der Waals surface area contributed by atoms with Gasteiger partial charge in [0.15, 0.2) is 0 Å². The minimum Gasteiger partial charge on any atom is -0.320 e. The van der Waals surface area contributed by atoms with Crippen LogP contribution in [0, 0.1) is 5.92 Å². The van der Waals surface area contributed by atoms with Gasteiger partial charge in [0.25, 0.3) is 0 Å². The van der Waals surface area contributed by atoms with Crippen molar-refractivity contribution in [3.8, 4) is 0 Å². The van der Waals surface area contributed by atoms with E-state index in [1.54, 1.807) is 0 Å². The molecule has 98 valence electrons. The van der Waals surface area contributed by atoms with E-state index in [2.05, 4.69) is 23.9 Å². The fourth-order valence-electron chi connectivity index (χ4n) is 1.87. The van der Waals surface area contributed by atoms with Gasteiger partial charge in [-0.05, 0) is 32.9 Å². The van der Waals surface area contributed by atoms with Crippen LogP contribution in [0.3, 0.4) is 0 Å². The molecule has 0 aliphatic carbocycles. The quantitative estimate of drug-likeness (QED) is 0.607. The van der Waals surface area contributed by atoms with Gasteiger partial charge in [-0.1, -0.05) is 26.7 Å². The van der Waals surface area contributed by atoms with Crippen molar-refractivity contribution in [1.82, 2.24) is 10.0 Å². The first-order chi connectivity index (χ1) is 7.46. The lowest BCUT2D eigenvalue weighted by atomic mass is 9.96. The molecular weight excluding hydrogens is 224 g/mol. The Morgan fingerprint density at radius 3 is 2.19 bits per heavy atom. The summed E-state index contributed by atoms with van der Waals surface area (Å²) in [6.45, 7) is 6.88. The molecule has 16 heavy (non-hydrogen) atoms. The monoisotopic (exact) mass is 250 g/mol. The van der Waals surface area contributed by atoms with Crippen LogP contribution in [-0.4, -0.2) is 33.8 Å². The average Bonchev–Trinajstić information content (AvgIpc) is 2.18. The molecule has 0 saturated heterocycles. The topological polar surface area (TPSA) is 58.2 Å². The zero-order chi connectivity index (χ0) is 12.6. The molecule has 1 unspecified atom stereocenters. The average molecular weight is 250 g/mol. The van der Waals surface area contributed by atoms with Crippen LogP contribution in [-0.2, 0) is 10.0 Å². The van der Waals surface area contributed by atoms with Crippen LogP contribution >= 0.6 is 0 Å². The fraction of sp³-hybridized carbons (Fsp3) is 1.00. The summed E-state index contributed by atoms with van der Waals surface area (Å²) in [4.78, 5) is 0. The van der Waals surface area contributed by atoms with Crippen LogP contribution in [0.1, 0.15) is 40.0 Å². The minimum atomic E-state index is -3.11. The molecule has 0 aliphatic heterocycles. The Balaban J connectivity index is 4.14. The van der Waals surface area contributed by atoms with E-state index in [1.165, 1.54) is 0 Å². The number of sulfonamides is 1. The zero-order valence-electron chi connectivity index (χ0n) is 10.9. The summed E-state index contributed by atoms with van der Waals surface area (Å²) in [5.74, 6) is 0.636. The van der Waals surface area contributed by atoms with Gasteiger partial charge in [-0.3, -0.25) is 0 Å². The highest BCUT2D eigenvalue weighted by Crippen LogP contribution is 2.13. The van der Waals surface area contributed by atoms with Crippen molar-refractivity contribution in [3.05, 3.63) is 0 Å². The standard InChI is InChI=1S/C11H26N2O2S/c1-5-11(6-2)10(3)13-16(14,15)9-7-8-12-4/h10-13H,5-9H2,1-4H3. The first-order valence-corrected chi connectivity index (χ1v) is 7.76. The molecule has 2 N–H and O–H groups in total. The third kappa shape index (κ3) is 6.45. The molecular formula is C11H26N2O2S. The molecule has 5 heteroatoms. The van der Waals surface area contributed by atoms with Crippen LogP contribution in [0.15, 0.2) is 0 Å². The molecule has 0 aromatic heterocycles. The summed E-state index contributed by atoms with van der Waals surface area (Å²) >= 11 is 0. The largest absolute Gasteiger partial charge is 0.320 e. The van der Waals surface area contributed by atoms with Crippen molar-refractivity contribution in [2.45, 2.75) is 46.1 Å². The lowest BCUT2D eigenvalue weighted by Gasteiger charge is -2.22. The summed E-state index contributed by atoms with van der Waals surface area (Å²) in [7, 11) is -1.28. The molecule has 0 amide bonds. The molecule has 0 fully saturated rings. The summed E-state index contributed by atoms with van der Waals surface area (Å²) in [5, 5.41) is 2.95. The first-order valence-electron chi connectivity index (χ1n) is 6.11. The molecule has 0 aliphatic rings. The van der Waals surface area contributed by atoms with Gasteiger partial charge in [0, 0.05) is 6.04 Å². The smallest absolute Gasteiger partial charge is 0.211 e. The second-order valence-corrected chi connectivity index (χ2v) is 6.13. The summed E-state index contributed by atoms with van der Waals surface area (Å²) in [6.07, 6.45) is 2.68. The van der Waals surface area contributed by atoms with E-state index in [-0.39, 0.29) is 11.8 Å². The molecule has 1 atom stereocenters. The van der Waals surface area contributed by atoms with E-state index in [9.17, 15) is 8.42 Å². The van der Waals surface area contributed by atoms with Crippen LogP contribution in [0.5, 0.6) is 0 Å². The molecule has 0 saturated carbocycles. The summed E-state index contributed by atoms with van der Waals surface area (Å²) < 4.78 is 26.2. The number of rotatable bonds is 9. The molecule has 0 radical (unpaired) electrons. The van der Waals surface area contributed by atoms with Crippen molar-refractivity contribution in [2.75, 3.05) is 19.3 Å². The van der Waals surface area contributed by atoms with Crippen LogP contribution in [0.4, 0.5) is 0 Å². The van der Waals surface area contributed by atoms with E-state index in [1.807, 2.05) is 14.0 Å². The third-order valence-electron chi connectivity index (χ3n) is 2.96. The Bertz CT molecular complexity index is 261. The third-order valence-corrected chi connectivity index (χ3v) is 4.52. The van der Waals surface area contributed by atoms with E-state index >= 15 is 0 Å². The predicted molar refractivity (Wildman–Crippen MR) is 69.0 cm³/mol. The molecule has 0 aromatic carbocycles. The van der Waals surface area contributed by atoms with Gasteiger partial charge in [-0.2, -0.15) is 0 Å². The predicted octanol–water partition coefficient (Wildman–Crippen LogP) is 1.34. The Labute approximate surface area is 100 Å². The van der Waals surface area contributed by atoms with E-state index in [0.29, 0.717) is 12.3 Å². The fourth-order valence-corrected chi connectivity index (χ4v) is 3.27. The summed E-state index contributed by atoms with van der Waals surface area (Å²) in [5.41, 5.74) is 0. The molecule has 0 rings (SSSR count). The van der Waals surface area contributed by atoms with Gasteiger partial charge < -0.3 is 5.32 Å². The zero-order valence-corrected chi connectivity index (χ0v) is 11.7. The maximum Gasteiger partial charge on any atom is 0.211 e. The van der Waals surface area contributed by atoms with Gasteiger partial charge in [0.2, 0.25) is 10.0 Å². The Morgan fingerprint density at radius 1 is 1.19 bits per heavy atom. The number of nitrogens with one attached hydrogen (secondary N) is 2. The van der Waals surface area contributed by atoms with Crippen molar-refractivity contribution >= 4 is 10.0 Å². The number of hydrogen-bond acceptors (Lipinski definition) is 3. The van der Waals surface area contributed by atoms with E-state index in [4.69, 9.17) is 0 Å². The van der Waals surface area contributed by atoms with Gasteiger partial charge >= 0.3 is 0 Å². The lowest BCUT2D eigenvalue weighted by molar-refractivity contribution is 0.390. The van der Waals surface area contributed by atoms with Crippen LogP contribution in [0.2, 0.25) is 0 Å². The molecule has 0 heterocycles. The minimum absolute atomic E-state index is 0.0367. The lowest BCUT2D eigenvalue weighted by Crippen LogP contribution is -2.39. The van der Waals surface area contributed by atoms with Crippen molar-refractivity contribution < 1.29 is 8.42 Å². The Morgan fingerprint density at radius 2 is 1.75 bits per heavy atom. The van der Waals surface area contributed by atoms with E-state index in [0.717, 1.165) is 19.4 Å². The highest BCUT2D eigenvalue weighted by Gasteiger charge is 2.19. The maximum absolute atomic E-state index is 11.7. The molecule has 0 aromatic rings. The Kier molecular flexibility index (Phi) is 7.97. The van der Waals surface area contributed by atoms with Gasteiger partial charge in [0.1, 0.15) is 0 Å². The molecule has 0 bridgehead atoms. The van der Waals surface area contributed by atoms with E-state index < -0.39 is 10.0 Å². The molecule has 4 nitrogen and oxygen atoms in total. The highest BCUT2D eigenvalue weighted by molar-refractivity contribution is 7.89. The van der Waals surface area contributed by atoms with Gasteiger partial charge in [0.05, 0.1) is 5.75 Å².